The molecule has 0 aliphatic carbocycles. The maximum Gasteiger partial charge on any atom is 0.313 e. The lowest BCUT2D eigenvalue weighted by Gasteiger charge is -2.12. The van der Waals surface area contributed by atoms with Crippen LogP contribution in [0.3, 0.4) is 0 Å². The molecule has 0 aliphatic heterocycles. The Morgan fingerprint density at radius 2 is 2.10 bits per heavy atom. The Balaban J connectivity index is 2.11. The molecule has 0 saturated heterocycles. The van der Waals surface area contributed by atoms with Crippen molar-refractivity contribution in [2.24, 2.45) is 5.10 Å². The van der Waals surface area contributed by atoms with Gasteiger partial charge in [-0.25, -0.2) is 4.98 Å². The van der Waals surface area contributed by atoms with Gasteiger partial charge in [-0.2, -0.15) is 9.78 Å². The number of nitro groups is 1. The molecule has 0 N–H and O–H groups in total. The van der Waals surface area contributed by atoms with Crippen molar-refractivity contribution >= 4 is 50.3 Å². The highest BCUT2D eigenvalue weighted by Gasteiger charge is 2.21. The van der Waals surface area contributed by atoms with Gasteiger partial charge in [0.05, 0.1) is 33.2 Å². The first-order chi connectivity index (χ1) is 14.2. The highest BCUT2D eigenvalue weighted by Crippen LogP contribution is 2.36. The Morgan fingerprint density at radius 1 is 1.37 bits per heavy atom. The van der Waals surface area contributed by atoms with Gasteiger partial charge in [-0.1, -0.05) is 34.5 Å². The summed E-state index contributed by atoms with van der Waals surface area (Å²) >= 11 is 9.56. The number of hydrogen-bond acceptors (Lipinski definition) is 6. The number of hydrogen-bond donors (Lipinski definition) is 0. The molecule has 1 aromatic heterocycles. The van der Waals surface area contributed by atoms with Gasteiger partial charge in [0.15, 0.2) is 0 Å². The third kappa shape index (κ3) is 4.52. The number of aryl methyl sites for hydroxylation is 1. The average Bonchev–Trinajstić information content (AvgIpc) is 2.68. The van der Waals surface area contributed by atoms with E-state index in [1.807, 2.05) is 13.0 Å². The van der Waals surface area contributed by atoms with Gasteiger partial charge in [0.2, 0.25) is 5.75 Å². The van der Waals surface area contributed by atoms with E-state index >= 15 is 0 Å². The standard InChI is InChI=1S/C20H18BrClN4O4/c1-4-18-24-16-6-5-13(21)9-14(16)20(27)25(18)23-10-12-7-15(22)19(30-11(2)3)17(8-12)26(28)29/h5-11H,4H2,1-3H3. The van der Waals surface area contributed by atoms with Crippen LogP contribution in [0.15, 0.2) is 44.7 Å². The molecule has 156 valence electrons. The van der Waals surface area contributed by atoms with E-state index in [9.17, 15) is 14.9 Å². The number of aromatic nitrogens is 2. The predicted molar refractivity (Wildman–Crippen MR) is 120 cm³/mol. The summed E-state index contributed by atoms with van der Waals surface area (Å²) < 4.78 is 7.42. The van der Waals surface area contributed by atoms with Crippen molar-refractivity contribution in [2.45, 2.75) is 33.3 Å². The molecule has 2 aromatic carbocycles. The molecule has 0 bridgehead atoms. The predicted octanol–water partition coefficient (Wildman–Crippen LogP) is 4.95. The molecule has 0 amide bonds. The monoisotopic (exact) mass is 492 g/mol. The van der Waals surface area contributed by atoms with Crippen molar-refractivity contribution in [3.63, 3.8) is 0 Å². The summed E-state index contributed by atoms with van der Waals surface area (Å²) in [7, 11) is 0. The van der Waals surface area contributed by atoms with Crippen LogP contribution in [-0.2, 0) is 6.42 Å². The minimum absolute atomic E-state index is 0.00236. The Bertz CT molecular complexity index is 1220. The average molecular weight is 494 g/mol. The zero-order valence-electron chi connectivity index (χ0n) is 16.4. The Hall–Kier alpha value is -2.78. The molecule has 0 aliphatic rings. The molecule has 0 radical (unpaired) electrons. The summed E-state index contributed by atoms with van der Waals surface area (Å²) in [5.41, 5.74) is 0.308. The van der Waals surface area contributed by atoms with Gasteiger partial charge >= 0.3 is 5.69 Å². The van der Waals surface area contributed by atoms with Crippen LogP contribution in [0.2, 0.25) is 5.02 Å². The van der Waals surface area contributed by atoms with Gasteiger partial charge in [0.1, 0.15) is 5.82 Å². The number of nitro benzene ring substituents is 1. The topological polar surface area (TPSA) is 99.6 Å². The molecule has 0 atom stereocenters. The maximum absolute atomic E-state index is 12.9. The molecule has 3 rings (SSSR count). The van der Waals surface area contributed by atoms with Crippen LogP contribution in [0.5, 0.6) is 5.75 Å². The number of rotatable bonds is 6. The van der Waals surface area contributed by atoms with E-state index in [1.54, 1.807) is 26.0 Å². The molecule has 0 spiro atoms. The van der Waals surface area contributed by atoms with E-state index in [1.165, 1.54) is 23.0 Å². The van der Waals surface area contributed by atoms with Crippen LogP contribution in [0.1, 0.15) is 32.2 Å². The van der Waals surface area contributed by atoms with Crippen molar-refractivity contribution in [2.75, 3.05) is 0 Å². The fraction of sp³-hybridized carbons (Fsp3) is 0.250. The number of halogens is 2. The smallest absolute Gasteiger partial charge is 0.313 e. The van der Waals surface area contributed by atoms with Crippen LogP contribution in [0.25, 0.3) is 10.9 Å². The summed E-state index contributed by atoms with van der Waals surface area (Å²) in [5, 5.41) is 16.2. The Morgan fingerprint density at radius 3 is 2.73 bits per heavy atom. The lowest BCUT2D eigenvalue weighted by atomic mass is 10.2. The minimum atomic E-state index is -0.570. The van der Waals surface area contributed by atoms with E-state index < -0.39 is 4.92 Å². The second kappa shape index (κ2) is 8.93. The second-order valence-electron chi connectivity index (χ2n) is 6.68. The molecule has 30 heavy (non-hydrogen) atoms. The Labute approximate surface area is 185 Å². The van der Waals surface area contributed by atoms with Crippen LogP contribution >= 0.6 is 27.5 Å². The van der Waals surface area contributed by atoms with Gasteiger partial charge in [0.25, 0.3) is 5.56 Å². The van der Waals surface area contributed by atoms with Crippen molar-refractivity contribution in [3.8, 4) is 5.75 Å². The fourth-order valence-electron chi connectivity index (χ4n) is 2.83. The highest BCUT2D eigenvalue weighted by molar-refractivity contribution is 9.10. The summed E-state index contributed by atoms with van der Waals surface area (Å²) in [5.74, 6) is 0.462. The first-order valence-electron chi connectivity index (χ1n) is 9.11. The second-order valence-corrected chi connectivity index (χ2v) is 8.00. The molecule has 10 heteroatoms. The van der Waals surface area contributed by atoms with Gasteiger partial charge < -0.3 is 4.74 Å². The molecule has 0 fully saturated rings. The lowest BCUT2D eigenvalue weighted by Crippen LogP contribution is -2.22. The van der Waals surface area contributed by atoms with Crippen molar-refractivity contribution in [1.82, 2.24) is 9.66 Å². The third-order valence-electron chi connectivity index (χ3n) is 4.11. The molecule has 1 heterocycles. The zero-order valence-corrected chi connectivity index (χ0v) is 18.8. The first kappa shape index (κ1) is 21.9. The molecular weight excluding hydrogens is 476 g/mol. The lowest BCUT2D eigenvalue weighted by molar-refractivity contribution is -0.386. The highest BCUT2D eigenvalue weighted by atomic mass is 79.9. The molecule has 3 aromatic rings. The van der Waals surface area contributed by atoms with E-state index in [0.717, 1.165) is 4.47 Å². The van der Waals surface area contributed by atoms with Crippen LogP contribution in [-0.4, -0.2) is 26.9 Å². The molecular formula is C20H18BrClN4O4. The molecule has 0 saturated carbocycles. The largest absolute Gasteiger partial charge is 0.483 e. The van der Waals surface area contributed by atoms with E-state index in [0.29, 0.717) is 28.7 Å². The van der Waals surface area contributed by atoms with Gasteiger partial charge in [-0.05, 0) is 38.1 Å². The van der Waals surface area contributed by atoms with Crippen LogP contribution in [0, 0.1) is 10.1 Å². The Kier molecular flexibility index (Phi) is 6.52. The minimum Gasteiger partial charge on any atom is -0.483 e. The van der Waals surface area contributed by atoms with E-state index in [2.05, 4.69) is 26.0 Å². The quantitative estimate of drug-likeness (QED) is 0.275. The molecule has 8 nitrogen and oxygen atoms in total. The zero-order chi connectivity index (χ0) is 22.0. The summed E-state index contributed by atoms with van der Waals surface area (Å²) in [6.07, 6.45) is 1.53. The summed E-state index contributed by atoms with van der Waals surface area (Å²) in [6, 6.07) is 8.04. The van der Waals surface area contributed by atoms with Gasteiger partial charge in [0, 0.05) is 22.5 Å². The summed E-state index contributed by atoms with van der Waals surface area (Å²) in [6.45, 7) is 5.36. The summed E-state index contributed by atoms with van der Waals surface area (Å²) in [4.78, 5) is 28.3. The first-order valence-corrected chi connectivity index (χ1v) is 10.3. The third-order valence-corrected chi connectivity index (χ3v) is 4.88. The van der Waals surface area contributed by atoms with Crippen molar-refractivity contribution < 1.29 is 9.66 Å². The van der Waals surface area contributed by atoms with Gasteiger partial charge in [-0.15, -0.1) is 0 Å². The SMILES string of the molecule is CCc1nc2ccc(Br)cc2c(=O)n1N=Cc1cc(Cl)c(OC(C)C)c([N+](=O)[O-])c1. The van der Waals surface area contributed by atoms with Crippen molar-refractivity contribution in [3.05, 3.63) is 71.7 Å². The van der Waals surface area contributed by atoms with E-state index in [-0.39, 0.29) is 28.1 Å². The van der Waals surface area contributed by atoms with Crippen molar-refractivity contribution in [1.29, 1.82) is 0 Å². The van der Waals surface area contributed by atoms with E-state index in [4.69, 9.17) is 16.3 Å². The van der Waals surface area contributed by atoms with Crippen LogP contribution in [0.4, 0.5) is 5.69 Å². The normalized spacial score (nSPS) is 11.5. The van der Waals surface area contributed by atoms with Gasteiger partial charge in [-0.3, -0.25) is 14.9 Å². The number of fused-ring (bicyclic) bond motifs is 1. The molecule has 0 unspecified atom stereocenters. The maximum atomic E-state index is 12.9. The fourth-order valence-corrected chi connectivity index (χ4v) is 3.46. The van der Waals surface area contributed by atoms with Crippen LogP contribution < -0.4 is 10.3 Å². The number of nitrogens with zero attached hydrogens (tertiary/aromatic N) is 4. The number of ether oxygens (including phenoxy) is 1. The number of benzene rings is 2.